The van der Waals surface area contributed by atoms with E-state index in [1.54, 1.807) is 22.1 Å². The standard InChI is InChI=1S/C23H30N4O2S2/c1-4-15-30-23-24-20-7-5-6-8-21(20)27(23)17-25-11-13-26(14-12-25)31(28,29)22-10-9-18(2)16-19(22)3/h5-10,16H,4,11-15,17H2,1-3H3. The Kier molecular flexibility index (Phi) is 6.71. The Hall–Kier alpha value is -1.87. The van der Waals surface area contributed by atoms with Gasteiger partial charge in [0, 0.05) is 31.9 Å². The molecule has 0 radical (unpaired) electrons. The maximum absolute atomic E-state index is 13.2. The number of sulfonamides is 1. The van der Waals surface area contributed by atoms with E-state index in [1.165, 1.54) is 0 Å². The van der Waals surface area contributed by atoms with Gasteiger partial charge in [0.05, 0.1) is 22.6 Å². The van der Waals surface area contributed by atoms with Crippen molar-refractivity contribution in [3.05, 3.63) is 53.6 Å². The van der Waals surface area contributed by atoms with E-state index in [4.69, 9.17) is 4.98 Å². The molecule has 0 spiro atoms. The van der Waals surface area contributed by atoms with E-state index in [2.05, 4.69) is 28.5 Å². The van der Waals surface area contributed by atoms with Crippen molar-refractivity contribution in [2.45, 2.75) is 43.9 Å². The maximum atomic E-state index is 13.2. The lowest BCUT2D eigenvalue weighted by atomic mass is 10.2. The molecule has 6 nitrogen and oxygen atoms in total. The summed E-state index contributed by atoms with van der Waals surface area (Å²) in [6, 6.07) is 13.8. The fraction of sp³-hybridized carbons (Fsp3) is 0.435. The van der Waals surface area contributed by atoms with Crippen molar-refractivity contribution in [1.82, 2.24) is 18.8 Å². The first kappa shape index (κ1) is 22.3. The number of aromatic nitrogens is 2. The van der Waals surface area contributed by atoms with Crippen LogP contribution in [0.4, 0.5) is 0 Å². The van der Waals surface area contributed by atoms with Crippen molar-refractivity contribution in [1.29, 1.82) is 0 Å². The molecule has 4 rings (SSSR count). The Morgan fingerprint density at radius 2 is 1.77 bits per heavy atom. The van der Waals surface area contributed by atoms with Gasteiger partial charge in [-0.15, -0.1) is 0 Å². The van der Waals surface area contributed by atoms with Crippen LogP contribution in [-0.2, 0) is 16.7 Å². The van der Waals surface area contributed by atoms with Gasteiger partial charge in [0.15, 0.2) is 5.16 Å². The van der Waals surface area contributed by atoms with Gasteiger partial charge in [0.2, 0.25) is 10.0 Å². The number of benzene rings is 2. The summed E-state index contributed by atoms with van der Waals surface area (Å²) in [7, 11) is -3.47. The molecule has 2 heterocycles. The fourth-order valence-corrected chi connectivity index (χ4v) is 6.52. The van der Waals surface area contributed by atoms with Crippen LogP contribution in [0.3, 0.4) is 0 Å². The lowest BCUT2D eigenvalue weighted by Crippen LogP contribution is -2.49. The van der Waals surface area contributed by atoms with Gasteiger partial charge in [-0.05, 0) is 44.0 Å². The van der Waals surface area contributed by atoms with E-state index in [1.807, 2.05) is 38.1 Å². The first-order chi connectivity index (χ1) is 14.9. The SMILES string of the molecule is CCCSc1nc2ccccc2n1CN1CCN(S(=O)(=O)c2ccc(C)cc2C)CC1. The largest absolute Gasteiger partial charge is 0.305 e. The molecule has 0 aliphatic carbocycles. The highest BCUT2D eigenvalue weighted by molar-refractivity contribution is 7.99. The van der Waals surface area contributed by atoms with Crippen LogP contribution in [0.5, 0.6) is 0 Å². The number of nitrogens with zero attached hydrogens (tertiary/aromatic N) is 4. The minimum atomic E-state index is -3.47. The number of thioether (sulfide) groups is 1. The van der Waals surface area contributed by atoms with E-state index in [-0.39, 0.29) is 0 Å². The quantitative estimate of drug-likeness (QED) is 0.499. The first-order valence-corrected chi connectivity index (χ1v) is 13.2. The second kappa shape index (κ2) is 9.32. The minimum Gasteiger partial charge on any atom is -0.305 e. The molecular formula is C23H30N4O2S2. The topological polar surface area (TPSA) is 58.4 Å². The molecule has 3 aromatic rings. The number of aryl methyl sites for hydroxylation is 2. The monoisotopic (exact) mass is 458 g/mol. The second-order valence-electron chi connectivity index (χ2n) is 8.09. The summed E-state index contributed by atoms with van der Waals surface area (Å²) in [6.45, 7) is 9.16. The smallest absolute Gasteiger partial charge is 0.243 e. The van der Waals surface area contributed by atoms with E-state index < -0.39 is 10.0 Å². The van der Waals surface area contributed by atoms with Crippen LogP contribution in [0.2, 0.25) is 0 Å². The number of hydrogen-bond donors (Lipinski definition) is 0. The summed E-state index contributed by atoms with van der Waals surface area (Å²) in [5.41, 5.74) is 4.03. The summed E-state index contributed by atoms with van der Waals surface area (Å²) in [6.07, 6.45) is 1.10. The van der Waals surface area contributed by atoms with Gasteiger partial charge < -0.3 is 4.57 Å². The van der Waals surface area contributed by atoms with Gasteiger partial charge in [-0.3, -0.25) is 4.90 Å². The van der Waals surface area contributed by atoms with Gasteiger partial charge in [0.25, 0.3) is 0 Å². The van der Waals surface area contributed by atoms with Gasteiger partial charge in [-0.1, -0.05) is 48.5 Å². The molecule has 1 aliphatic heterocycles. The molecule has 2 aromatic carbocycles. The molecule has 0 atom stereocenters. The van der Waals surface area contributed by atoms with Crippen LogP contribution in [0, 0.1) is 13.8 Å². The molecule has 0 amide bonds. The van der Waals surface area contributed by atoms with Gasteiger partial charge in [-0.2, -0.15) is 4.31 Å². The molecule has 0 saturated carbocycles. The van der Waals surface area contributed by atoms with Crippen LogP contribution in [0.15, 0.2) is 52.5 Å². The fourth-order valence-electron chi connectivity index (χ4n) is 4.03. The third-order valence-corrected chi connectivity index (χ3v) is 8.92. The van der Waals surface area contributed by atoms with E-state index in [0.29, 0.717) is 31.1 Å². The van der Waals surface area contributed by atoms with Gasteiger partial charge in [-0.25, -0.2) is 13.4 Å². The number of piperazine rings is 1. The molecule has 0 unspecified atom stereocenters. The number of imidazole rings is 1. The summed E-state index contributed by atoms with van der Waals surface area (Å²) in [5, 5.41) is 1.04. The zero-order chi connectivity index (χ0) is 22.0. The Morgan fingerprint density at radius 3 is 2.48 bits per heavy atom. The van der Waals surface area contributed by atoms with Crippen LogP contribution in [0.25, 0.3) is 11.0 Å². The lowest BCUT2D eigenvalue weighted by Gasteiger charge is -2.34. The maximum Gasteiger partial charge on any atom is 0.243 e. The molecule has 0 N–H and O–H groups in total. The van der Waals surface area contributed by atoms with Crippen molar-refractivity contribution < 1.29 is 8.42 Å². The molecule has 1 saturated heterocycles. The Labute approximate surface area is 189 Å². The third-order valence-electron chi connectivity index (χ3n) is 5.68. The van der Waals surface area contributed by atoms with E-state index >= 15 is 0 Å². The van der Waals surface area contributed by atoms with Crippen LogP contribution >= 0.6 is 11.8 Å². The highest BCUT2D eigenvalue weighted by Crippen LogP contribution is 2.26. The highest BCUT2D eigenvalue weighted by Gasteiger charge is 2.30. The van der Waals surface area contributed by atoms with Crippen molar-refractivity contribution >= 4 is 32.8 Å². The average molecular weight is 459 g/mol. The molecule has 8 heteroatoms. The second-order valence-corrected chi connectivity index (χ2v) is 11.1. The zero-order valence-electron chi connectivity index (χ0n) is 18.4. The lowest BCUT2D eigenvalue weighted by molar-refractivity contribution is 0.150. The molecule has 1 aromatic heterocycles. The van der Waals surface area contributed by atoms with Crippen LogP contribution < -0.4 is 0 Å². The average Bonchev–Trinajstić information content (AvgIpc) is 3.09. The van der Waals surface area contributed by atoms with Crippen molar-refractivity contribution in [2.75, 3.05) is 31.9 Å². The normalized spacial score (nSPS) is 16.2. The Bertz CT molecular complexity index is 1170. The minimum absolute atomic E-state index is 0.422. The molecule has 1 aliphatic rings. The van der Waals surface area contributed by atoms with Crippen LogP contribution in [0.1, 0.15) is 24.5 Å². The molecule has 31 heavy (non-hydrogen) atoms. The van der Waals surface area contributed by atoms with Crippen molar-refractivity contribution in [3.8, 4) is 0 Å². The predicted molar refractivity (Wildman–Crippen MR) is 127 cm³/mol. The van der Waals surface area contributed by atoms with Gasteiger partial charge >= 0.3 is 0 Å². The van der Waals surface area contributed by atoms with Crippen molar-refractivity contribution in [3.63, 3.8) is 0 Å². The summed E-state index contributed by atoms with van der Waals surface area (Å²) >= 11 is 1.79. The Morgan fingerprint density at radius 1 is 1.03 bits per heavy atom. The molecule has 0 bridgehead atoms. The summed E-state index contributed by atoms with van der Waals surface area (Å²) in [5.74, 6) is 1.03. The predicted octanol–water partition coefficient (Wildman–Crippen LogP) is 4.12. The van der Waals surface area contributed by atoms with Crippen molar-refractivity contribution in [2.24, 2.45) is 0 Å². The third kappa shape index (κ3) is 4.67. The molecule has 166 valence electrons. The Balaban J connectivity index is 1.48. The highest BCUT2D eigenvalue weighted by atomic mass is 32.2. The zero-order valence-corrected chi connectivity index (χ0v) is 20.0. The molecule has 1 fully saturated rings. The summed E-state index contributed by atoms with van der Waals surface area (Å²) < 4.78 is 30.3. The van der Waals surface area contributed by atoms with E-state index in [9.17, 15) is 8.42 Å². The summed E-state index contributed by atoms with van der Waals surface area (Å²) in [4.78, 5) is 7.56. The molecular weight excluding hydrogens is 428 g/mol. The number of para-hydroxylation sites is 2. The van der Waals surface area contributed by atoms with Crippen LogP contribution in [-0.4, -0.2) is 59.1 Å². The number of rotatable bonds is 7. The van der Waals surface area contributed by atoms with E-state index in [0.717, 1.165) is 46.2 Å². The number of fused-ring (bicyclic) bond motifs is 1. The number of hydrogen-bond acceptors (Lipinski definition) is 5. The van der Waals surface area contributed by atoms with Gasteiger partial charge in [0.1, 0.15) is 0 Å². The first-order valence-electron chi connectivity index (χ1n) is 10.8.